The van der Waals surface area contributed by atoms with Crippen molar-refractivity contribution in [3.05, 3.63) is 35.4 Å². The largest absolute Gasteiger partial charge is 0.339 e. The monoisotopic (exact) mass is 278 g/mol. The molecule has 0 radical (unpaired) electrons. The molecule has 1 unspecified atom stereocenters. The summed E-state index contributed by atoms with van der Waals surface area (Å²) in [7, 11) is -0.742. The predicted molar refractivity (Wildman–Crippen MR) is 75.3 cm³/mol. The van der Waals surface area contributed by atoms with Crippen LogP contribution in [-0.4, -0.2) is 46.2 Å². The van der Waals surface area contributed by atoms with Crippen molar-refractivity contribution < 1.29 is 9.00 Å². The Hall–Kier alpha value is -1.20. The molecule has 102 valence electrons. The van der Waals surface area contributed by atoms with Gasteiger partial charge in [0.2, 0.25) is 5.91 Å². The Morgan fingerprint density at radius 3 is 2.79 bits per heavy atom. The van der Waals surface area contributed by atoms with Gasteiger partial charge in [-0.25, -0.2) is 0 Å². The molecule has 1 saturated heterocycles. The van der Waals surface area contributed by atoms with Gasteiger partial charge in [-0.05, 0) is 17.5 Å². The van der Waals surface area contributed by atoms with Crippen LogP contribution in [0, 0.1) is 0 Å². The Kier molecular flexibility index (Phi) is 3.66. The van der Waals surface area contributed by atoms with E-state index >= 15 is 0 Å². The smallest absolute Gasteiger partial charge is 0.244 e. The van der Waals surface area contributed by atoms with Crippen LogP contribution in [0.25, 0.3) is 0 Å². The van der Waals surface area contributed by atoms with Crippen LogP contribution in [0.3, 0.4) is 0 Å². The quantitative estimate of drug-likeness (QED) is 0.812. The molecule has 0 saturated carbocycles. The highest BCUT2D eigenvalue weighted by Crippen LogP contribution is 2.24. The number of fused-ring (bicyclic) bond motifs is 1. The van der Waals surface area contributed by atoms with Gasteiger partial charge < -0.3 is 10.2 Å². The highest BCUT2D eigenvalue weighted by Gasteiger charge is 2.30. The number of amides is 1. The molecule has 1 atom stereocenters. The Morgan fingerprint density at radius 2 is 2.00 bits per heavy atom. The van der Waals surface area contributed by atoms with Crippen molar-refractivity contribution in [3.8, 4) is 0 Å². The molecule has 0 aromatic heterocycles. The summed E-state index contributed by atoms with van der Waals surface area (Å²) in [5.41, 5.74) is 2.37. The minimum atomic E-state index is -0.742. The fourth-order valence-corrected chi connectivity index (χ4v) is 3.82. The molecule has 2 aliphatic heterocycles. The molecule has 1 aromatic carbocycles. The van der Waals surface area contributed by atoms with E-state index in [4.69, 9.17) is 0 Å². The third-order valence-electron chi connectivity index (χ3n) is 3.85. The average molecular weight is 278 g/mol. The summed E-state index contributed by atoms with van der Waals surface area (Å²) < 4.78 is 11.4. The Balaban J connectivity index is 1.79. The minimum Gasteiger partial charge on any atom is -0.339 e. The summed E-state index contributed by atoms with van der Waals surface area (Å²) in [6.07, 6.45) is 0.976. The van der Waals surface area contributed by atoms with E-state index in [-0.39, 0.29) is 11.9 Å². The van der Waals surface area contributed by atoms with Crippen molar-refractivity contribution >= 4 is 16.7 Å². The van der Waals surface area contributed by atoms with Gasteiger partial charge >= 0.3 is 0 Å². The lowest BCUT2D eigenvalue weighted by molar-refractivity contribution is -0.133. The lowest BCUT2D eigenvalue weighted by Crippen LogP contribution is -2.48. The van der Waals surface area contributed by atoms with Crippen LogP contribution >= 0.6 is 0 Å². The van der Waals surface area contributed by atoms with Crippen LogP contribution in [0.15, 0.2) is 24.3 Å². The second-order valence-corrected chi connectivity index (χ2v) is 6.71. The predicted octanol–water partition coefficient (Wildman–Crippen LogP) is 0.464. The van der Waals surface area contributed by atoms with E-state index in [2.05, 4.69) is 11.4 Å². The van der Waals surface area contributed by atoms with Crippen molar-refractivity contribution in [2.45, 2.75) is 12.5 Å². The van der Waals surface area contributed by atoms with E-state index in [1.165, 1.54) is 5.56 Å². The zero-order chi connectivity index (χ0) is 13.2. The van der Waals surface area contributed by atoms with Gasteiger partial charge in [0.05, 0.1) is 0 Å². The van der Waals surface area contributed by atoms with Crippen molar-refractivity contribution in [3.63, 3.8) is 0 Å². The summed E-state index contributed by atoms with van der Waals surface area (Å²) in [5.74, 6) is 1.35. The summed E-state index contributed by atoms with van der Waals surface area (Å²) in [4.78, 5) is 14.4. The van der Waals surface area contributed by atoms with E-state index in [1.54, 1.807) is 0 Å². The van der Waals surface area contributed by atoms with Crippen molar-refractivity contribution in [1.29, 1.82) is 0 Å². The third-order valence-corrected chi connectivity index (χ3v) is 5.12. The summed E-state index contributed by atoms with van der Waals surface area (Å²) in [6.45, 7) is 2.07. The molecule has 19 heavy (non-hydrogen) atoms. The molecule has 0 spiro atoms. The van der Waals surface area contributed by atoms with Crippen molar-refractivity contribution in [2.24, 2.45) is 0 Å². The molecule has 5 heteroatoms. The molecule has 1 amide bonds. The highest BCUT2D eigenvalue weighted by molar-refractivity contribution is 7.85. The molecular formula is C14H18N2O2S. The molecule has 1 fully saturated rings. The Morgan fingerprint density at radius 1 is 1.26 bits per heavy atom. The van der Waals surface area contributed by atoms with Crippen molar-refractivity contribution in [1.82, 2.24) is 10.2 Å². The zero-order valence-electron chi connectivity index (χ0n) is 10.8. The number of carbonyl (C=O) groups is 1. The van der Waals surface area contributed by atoms with E-state index < -0.39 is 10.8 Å². The first kappa shape index (κ1) is 12.8. The fourth-order valence-electron chi connectivity index (χ4n) is 2.77. The minimum absolute atomic E-state index is 0.129. The van der Waals surface area contributed by atoms with E-state index in [1.807, 2.05) is 23.1 Å². The molecule has 1 aromatic rings. The number of nitrogens with one attached hydrogen (secondary N) is 1. The van der Waals surface area contributed by atoms with Crippen LogP contribution < -0.4 is 5.32 Å². The van der Waals surface area contributed by atoms with Gasteiger partial charge in [0.1, 0.15) is 6.04 Å². The lowest BCUT2D eigenvalue weighted by atomic mass is 9.93. The summed E-state index contributed by atoms with van der Waals surface area (Å²) in [5, 5.41) is 3.32. The molecule has 1 N–H and O–H groups in total. The Bertz CT molecular complexity index is 508. The standard InChI is InChI=1S/C14H18N2O2S/c17-14(16-7-9-19(18)10-8-16)13-12-4-2-1-3-11(12)5-6-15-13/h1-4,13,15H,5-10H2. The van der Waals surface area contributed by atoms with Crippen LogP contribution in [0.4, 0.5) is 0 Å². The Labute approximate surface area is 115 Å². The topological polar surface area (TPSA) is 49.4 Å². The number of benzene rings is 1. The molecule has 2 aliphatic rings. The number of hydrogen-bond acceptors (Lipinski definition) is 3. The summed E-state index contributed by atoms with van der Waals surface area (Å²) in [6, 6.07) is 7.91. The maximum atomic E-state index is 12.6. The maximum Gasteiger partial charge on any atom is 0.244 e. The molecule has 0 aliphatic carbocycles. The van der Waals surface area contributed by atoms with Crippen LogP contribution in [0.1, 0.15) is 17.2 Å². The van der Waals surface area contributed by atoms with Gasteiger partial charge in [-0.2, -0.15) is 0 Å². The van der Waals surface area contributed by atoms with Gasteiger partial charge in [-0.1, -0.05) is 24.3 Å². The second-order valence-electron chi connectivity index (χ2n) is 5.01. The van der Waals surface area contributed by atoms with E-state index in [0.29, 0.717) is 24.6 Å². The fraction of sp³-hybridized carbons (Fsp3) is 0.500. The van der Waals surface area contributed by atoms with Crippen LogP contribution in [-0.2, 0) is 22.0 Å². The lowest BCUT2D eigenvalue weighted by Gasteiger charge is -2.33. The van der Waals surface area contributed by atoms with Gasteiger partial charge in [0, 0.05) is 41.9 Å². The number of rotatable bonds is 1. The van der Waals surface area contributed by atoms with E-state index in [0.717, 1.165) is 18.5 Å². The van der Waals surface area contributed by atoms with Crippen molar-refractivity contribution in [2.75, 3.05) is 31.1 Å². The van der Waals surface area contributed by atoms with Gasteiger partial charge in [-0.15, -0.1) is 0 Å². The SMILES string of the molecule is O=C(C1NCCc2ccccc21)N1CCS(=O)CC1. The molecule has 4 nitrogen and oxygen atoms in total. The zero-order valence-corrected chi connectivity index (χ0v) is 11.6. The number of hydrogen-bond donors (Lipinski definition) is 1. The molecule has 3 rings (SSSR count). The normalized spacial score (nSPS) is 24.0. The van der Waals surface area contributed by atoms with Gasteiger partial charge in [-0.3, -0.25) is 9.00 Å². The van der Waals surface area contributed by atoms with Crippen LogP contribution in [0.5, 0.6) is 0 Å². The van der Waals surface area contributed by atoms with Gasteiger partial charge in [0.15, 0.2) is 0 Å². The molecule has 0 bridgehead atoms. The first-order valence-electron chi connectivity index (χ1n) is 6.70. The van der Waals surface area contributed by atoms with E-state index in [9.17, 15) is 9.00 Å². The third kappa shape index (κ3) is 2.58. The molecule has 2 heterocycles. The molecular weight excluding hydrogens is 260 g/mol. The van der Waals surface area contributed by atoms with Crippen LogP contribution in [0.2, 0.25) is 0 Å². The second kappa shape index (κ2) is 5.43. The number of nitrogens with zero attached hydrogens (tertiary/aromatic N) is 1. The first-order chi connectivity index (χ1) is 9.25. The maximum absolute atomic E-state index is 12.6. The van der Waals surface area contributed by atoms with Gasteiger partial charge in [0.25, 0.3) is 0 Å². The summed E-state index contributed by atoms with van der Waals surface area (Å²) >= 11 is 0. The first-order valence-corrected chi connectivity index (χ1v) is 8.19. The highest BCUT2D eigenvalue weighted by atomic mass is 32.2. The average Bonchev–Trinajstić information content (AvgIpc) is 2.47. The number of carbonyl (C=O) groups excluding carboxylic acids is 1.